The summed E-state index contributed by atoms with van der Waals surface area (Å²) < 4.78 is 18.1. The molecular weight excluding hydrogens is 207 g/mol. The molecule has 0 atom stereocenters. The van der Waals surface area contributed by atoms with E-state index < -0.39 is 0 Å². The van der Waals surface area contributed by atoms with Gasteiger partial charge in [-0.2, -0.15) is 0 Å². The van der Waals surface area contributed by atoms with Crippen LogP contribution in [-0.4, -0.2) is 18.2 Å². The fourth-order valence-corrected chi connectivity index (χ4v) is 2.25. The quantitative estimate of drug-likeness (QED) is 0.739. The van der Waals surface area contributed by atoms with Crippen molar-refractivity contribution in [1.29, 1.82) is 0 Å². The number of aromatic nitrogens is 1. The molecule has 0 amide bonds. The van der Waals surface area contributed by atoms with Gasteiger partial charge < -0.3 is 4.52 Å². The van der Waals surface area contributed by atoms with E-state index in [1.54, 1.807) is 6.07 Å². The lowest BCUT2D eigenvalue weighted by molar-refractivity contribution is 0.401. The van der Waals surface area contributed by atoms with Crippen LogP contribution >= 0.6 is 0 Å². The number of fused-ring (bicyclic) bond motifs is 1. The van der Waals surface area contributed by atoms with E-state index in [1.165, 1.54) is 12.1 Å². The number of hydrogen-bond acceptors (Lipinski definition) is 2. The second-order valence-corrected chi connectivity index (χ2v) is 4.15. The van der Waals surface area contributed by atoms with Crippen LogP contribution in [0.4, 0.5) is 4.39 Å². The molecule has 1 aliphatic rings. The van der Waals surface area contributed by atoms with E-state index >= 15 is 0 Å². The Morgan fingerprint density at radius 2 is 2.06 bits per heavy atom. The Morgan fingerprint density at radius 1 is 1.25 bits per heavy atom. The first kappa shape index (κ1) is 9.78. The van der Waals surface area contributed by atoms with Gasteiger partial charge in [0.2, 0.25) is 0 Å². The maximum absolute atomic E-state index is 13.0. The Labute approximate surface area is 92.6 Å². The van der Waals surface area contributed by atoms with Crippen molar-refractivity contribution in [3.05, 3.63) is 29.7 Å². The summed E-state index contributed by atoms with van der Waals surface area (Å²) in [5.74, 6) is 0.123. The molecule has 2 aromatic rings. The Kier molecular flexibility index (Phi) is 2.36. The van der Waals surface area contributed by atoms with Crippen molar-refractivity contribution in [2.45, 2.75) is 18.8 Å². The smallest absolute Gasteiger partial charge is 0.170 e. The first-order chi connectivity index (χ1) is 7.84. The highest BCUT2D eigenvalue weighted by Crippen LogP contribution is 2.31. The van der Waals surface area contributed by atoms with Gasteiger partial charge in [0.25, 0.3) is 0 Å². The third-order valence-corrected chi connectivity index (χ3v) is 3.12. The van der Waals surface area contributed by atoms with Crippen molar-refractivity contribution in [3.63, 3.8) is 0 Å². The molecule has 83 valence electrons. The third-order valence-electron chi connectivity index (χ3n) is 3.12. The maximum Gasteiger partial charge on any atom is 0.170 e. The summed E-state index contributed by atoms with van der Waals surface area (Å²) in [6.45, 7) is 1.78. The molecule has 4 heteroatoms. The predicted octanol–water partition coefficient (Wildman–Crippen LogP) is 2.45. The van der Waals surface area contributed by atoms with Crippen LogP contribution < -0.4 is 5.32 Å². The van der Waals surface area contributed by atoms with Gasteiger partial charge >= 0.3 is 0 Å². The van der Waals surface area contributed by atoms with E-state index in [0.29, 0.717) is 11.5 Å². The highest BCUT2D eigenvalue weighted by Gasteiger charge is 2.21. The maximum atomic E-state index is 13.0. The van der Waals surface area contributed by atoms with Crippen molar-refractivity contribution in [1.82, 2.24) is 10.5 Å². The van der Waals surface area contributed by atoms with E-state index in [2.05, 4.69) is 10.5 Å². The Bertz CT molecular complexity index is 503. The molecule has 0 spiro atoms. The largest absolute Gasteiger partial charge is 0.356 e. The standard InChI is InChI=1S/C12H12FN2O/c13-9-1-2-10-11(7-9)16-15-12(10)8-3-5-14-6-4-8/h1-2,7-8H,3-6H2. The van der Waals surface area contributed by atoms with Crippen molar-refractivity contribution < 1.29 is 8.91 Å². The first-order valence-electron chi connectivity index (χ1n) is 5.52. The minimum Gasteiger partial charge on any atom is -0.356 e. The van der Waals surface area contributed by atoms with E-state index in [4.69, 9.17) is 4.52 Å². The molecule has 1 aliphatic heterocycles. The normalized spacial score (nSPS) is 18.1. The van der Waals surface area contributed by atoms with Gasteiger partial charge in [-0.15, -0.1) is 0 Å². The van der Waals surface area contributed by atoms with Crippen LogP contribution in [-0.2, 0) is 0 Å². The second kappa shape index (κ2) is 3.87. The molecule has 3 nitrogen and oxygen atoms in total. The topological polar surface area (TPSA) is 40.1 Å². The Hall–Kier alpha value is -1.42. The SMILES string of the molecule is Fc1ccc2c(C3CC[N]CC3)noc2c1. The zero-order valence-corrected chi connectivity index (χ0v) is 8.82. The molecule has 0 unspecified atom stereocenters. The van der Waals surface area contributed by atoms with Gasteiger partial charge in [-0.3, -0.25) is 0 Å². The van der Waals surface area contributed by atoms with E-state index in [9.17, 15) is 4.39 Å². The number of benzene rings is 1. The van der Waals surface area contributed by atoms with E-state index in [-0.39, 0.29) is 5.82 Å². The van der Waals surface area contributed by atoms with Gasteiger partial charge in [0.05, 0.1) is 5.69 Å². The van der Waals surface area contributed by atoms with Gasteiger partial charge in [-0.1, -0.05) is 5.16 Å². The summed E-state index contributed by atoms with van der Waals surface area (Å²) in [5.41, 5.74) is 1.50. The van der Waals surface area contributed by atoms with Gasteiger partial charge in [0, 0.05) is 30.5 Å². The van der Waals surface area contributed by atoms with Crippen molar-refractivity contribution in [2.24, 2.45) is 0 Å². The molecule has 3 rings (SSSR count). The lowest BCUT2D eigenvalue weighted by atomic mass is 9.93. The lowest BCUT2D eigenvalue weighted by Crippen LogP contribution is -2.21. The lowest BCUT2D eigenvalue weighted by Gasteiger charge is -2.19. The van der Waals surface area contributed by atoms with Crippen LogP contribution in [0.3, 0.4) is 0 Å². The molecule has 1 aromatic carbocycles. The van der Waals surface area contributed by atoms with Crippen LogP contribution in [0.5, 0.6) is 0 Å². The summed E-state index contributed by atoms with van der Waals surface area (Å²) in [5, 5.41) is 9.33. The number of piperidine rings is 1. The molecule has 1 saturated heterocycles. The van der Waals surface area contributed by atoms with Crippen LogP contribution in [0.25, 0.3) is 11.0 Å². The number of rotatable bonds is 1. The highest BCUT2D eigenvalue weighted by molar-refractivity contribution is 5.79. The fourth-order valence-electron chi connectivity index (χ4n) is 2.25. The Morgan fingerprint density at radius 3 is 2.88 bits per heavy atom. The summed E-state index contributed by atoms with van der Waals surface area (Å²) in [6, 6.07) is 4.59. The van der Waals surface area contributed by atoms with Gasteiger partial charge in [0.1, 0.15) is 5.82 Å². The average molecular weight is 219 g/mol. The minimum atomic E-state index is -0.283. The van der Waals surface area contributed by atoms with Crippen LogP contribution in [0, 0.1) is 5.82 Å². The average Bonchev–Trinajstić information content (AvgIpc) is 2.73. The molecule has 2 heterocycles. The van der Waals surface area contributed by atoms with Crippen molar-refractivity contribution in [3.8, 4) is 0 Å². The molecule has 16 heavy (non-hydrogen) atoms. The predicted molar refractivity (Wildman–Crippen MR) is 57.8 cm³/mol. The van der Waals surface area contributed by atoms with Crippen molar-refractivity contribution >= 4 is 11.0 Å². The van der Waals surface area contributed by atoms with E-state index in [0.717, 1.165) is 37.0 Å². The molecule has 1 fully saturated rings. The molecule has 0 bridgehead atoms. The minimum absolute atomic E-state index is 0.283. The third kappa shape index (κ3) is 1.59. The first-order valence-corrected chi connectivity index (χ1v) is 5.52. The van der Waals surface area contributed by atoms with Gasteiger partial charge in [0.15, 0.2) is 5.58 Å². The summed E-state index contributed by atoms with van der Waals surface area (Å²) >= 11 is 0. The molecule has 0 N–H and O–H groups in total. The van der Waals surface area contributed by atoms with Gasteiger partial charge in [-0.25, -0.2) is 9.71 Å². The fraction of sp³-hybridized carbons (Fsp3) is 0.417. The second-order valence-electron chi connectivity index (χ2n) is 4.15. The highest BCUT2D eigenvalue weighted by atomic mass is 19.1. The molecular formula is C12H12FN2O. The zero-order chi connectivity index (χ0) is 11.0. The summed E-state index contributed by atoms with van der Waals surface area (Å²) in [6.07, 6.45) is 2.03. The number of hydrogen-bond donors (Lipinski definition) is 0. The van der Waals surface area contributed by atoms with Gasteiger partial charge in [-0.05, 0) is 25.0 Å². The number of nitrogens with zero attached hydrogens (tertiary/aromatic N) is 2. The van der Waals surface area contributed by atoms with Crippen LogP contribution in [0.15, 0.2) is 22.7 Å². The zero-order valence-electron chi connectivity index (χ0n) is 8.82. The molecule has 1 radical (unpaired) electrons. The number of halogens is 1. The Balaban J connectivity index is 2.03. The summed E-state index contributed by atoms with van der Waals surface area (Å²) in [4.78, 5) is 0. The van der Waals surface area contributed by atoms with E-state index in [1.807, 2.05) is 0 Å². The molecule has 0 aliphatic carbocycles. The monoisotopic (exact) mass is 219 g/mol. The molecule has 1 aromatic heterocycles. The summed E-state index contributed by atoms with van der Waals surface area (Å²) in [7, 11) is 0. The van der Waals surface area contributed by atoms with Crippen molar-refractivity contribution in [2.75, 3.05) is 13.1 Å². The van der Waals surface area contributed by atoms with Crippen LogP contribution in [0.2, 0.25) is 0 Å². The molecule has 0 saturated carbocycles. The van der Waals surface area contributed by atoms with Crippen LogP contribution in [0.1, 0.15) is 24.5 Å².